The number of methoxy groups -OCH3 is 1. The Morgan fingerprint density at radius 2 is 0.806 bits per heavy atom. The van der Waals surface area contributed by atoms with Gasteiger partial charge in [-0.15, -0.1) is 0 Å². The van der Waals surface area contributed by atoms with Crippen LogP contribution >= 0.6 is 0 Å². The van der Waals surface area contributed by atoms with Crippen molar-refractivity contribution in [2.75, 3.05) is 13.7 Å². The van der Waals surface area contributed by atoms with E-state index in [0.29, 0.717) is 19.4 Å². The molecule has 186 valence electrons. The van der Waals surface area contributed by atoms with Gasteiger partial charge in [-0.05, 0) is 19.8 Å². The second-order valence-corrected chi connectivity index (χ2v) is 8.54. The number of rotatable bonds is 21. The van der Waals surface area contributed by atoms with Gasteiger partial charge in [0, 0.05) is 12.8 Å². The Morgan fingerprint density at radius 3 is 1.13 bits per heavy atom. The summed E-state index contributed by atoms with van der Waals surface area (Å²) in [5, 5.41) is 0. The van der Waals surface area contributed by atoms with Gasteiger partial charge in [0.1, 0.15) is 0 Å². The van der Waals surface area contributed by atoms with Crippen LogP contribution in [0.4, 0.5) is 0 Å². The number of unbranched alkanes of at least 4 members (excludes halogenated alkanes) is 16. The van der Waals surface area contributed by atoms with Crippen molar-refractivity contribution in [1.29, 1.82) is 0 Å². The van der Waals surface area contributed by atoms with Crippen molar-refractivity contribution < 1.29 is 19.1 Å². The number of esters is 2. The first-order valence-corrected chi connectivity index (χ1v) is 13.3. The molecule has 0 aromatic carbocycles. The minimum Gasteiger partial charge on any atom is -0.469 e. The lowest BCUT2D eigenvalue weighted by atomic mass is 10.1. The summed E-state index contributed by atoms with van der Waals surface area (Å²) in [6.45, 7) is 6.85. The van der Waals surface area contributed by atoms with E-state index in [1.54, 1.807) is 0 Å². The first-order valence-electron chi connectivity index (χ1n) is 13.3. The molecule has 31 heavy (non-hydrogen) atoms. The van der Waals surface area contributed by atoms with E-state index < -0.39 is 0 Å². The van der Waals surface area contributed by atoms with E-state index in [1.165, 1.54) is 110 Å². The van der Waals surface area contributed by atoms with Gasteiger partial charge in [-0.2, -0.15) is 0 Å². The number of carbonyl (C=O) groups excluding carboxylic acids is 2. The molecular formula is C27H54O4. The normalized spacial score (nSPS) is 10.3. The Kier molecular flexibility index (Phi) is 30.0. The molecule has 0 aromatic heterocycles. The predicted octanol–water partition coefficient (Wildman–Crippen LogP) is 8.55. The lowest BCUT2D eigenvalue weighted by molar-refractivity contribution is -0.143. The largest absolute Gasteiger partial charge is 0.469 e. The average Bonchev–Trinajstić information content (AvgIpc) is 2.77. The fraction of sp³-hybridized carbons (Fsp3) is 0.926. The van der Waals surface area contributed by atoms with Crippen LogP contribution in [0, 0.1) is 0 Å². The summed E-state index contributed by atoms with van der Waals surface area (Å²) in [5.74, 6) is -0.108. The molecule has 0 unspecified atom stereocenters. The highest BCUT2D eigenvalue weighted by Gasteiger charge is 2.00. The molecule has 0 amide bonds. The van der Waals surface area contributed by atoms with E-state index >= 15 is 0 Å². The molecule has 0 spiro atoms. The molecule has 0 aliphatic rings. The highest BCUT2D eigenvalue weighted by molar-refractivity contribution is 5.69. The van der Waals surface area contributed by atoms with Crippen molar-refractivity contribution in [1.82, 2.24) is 0 Å². The Bertz CT molecular complexity index is 368. The fourth-order valence-corrected chi connectivity index (χ4v) is 3.50. The lowest BCUT2D eigenvalue weighted by Gasteiger charge is -2.02. The van der Waals surface area contributed by atoms with Crippen molar-refractivity contribution in [3.63, 3.8) is 0 Å². The maximum atomic E-state index is 11.0. The summed E-state index contributed by atoms with van der Waals surface area (Å²) < 4.78 is 9.46. The number of hydrogen-bond acceptors (Lipinski definition) is 4. The Hall–Kier alpha value is -1.06. The van der Waals surface area contributed by atoms with Gasteiger partial charge >= 0.3 is 11.9 Å². The zero-order valence-corrected chi connectivity index (χ0v) is 21.5. The quantitative estimate of drug-likeness (QED) is 0.132. The number of ether oxygens (including phenoxy) is 2. The SMILES string of the molecule is CCCCCCCCCCCC(=O)OC.CCCCCCCCCCCC(=O)OCC. The third-order valence-corrected chi connectivity index (χ3v) is 5.50. The standard InChI is InChI=1S/C14H28O2.C13H26O2/c1-3-5-6-7-8-9-10-11-12-13-14(15)16-4-2;1-3-4-5-6-7-8-9-10-11-12-13(14)15-2/h3-13H2,1-2H3;3-12H2,1-2H3. The summed E-state index contributed by atoms with van der Waals surface area (Å²) in [7, 11) is 1.45. The third kappa shape index (κ3) is 31.2. The molecule has 0 bridgehead atoms. The smallest absolute Gasteiger partial charge is 0.305 e. The topological polar surface area (TPSA) is 52.6 Å². The van der Waals surface area contributed by atoms with Crippen LogP contribution in [0.2, 0.25) is 0 Å². The maximum Gasteiger partial charge on any atom is 0.305 e. The van der Waals surface area contributed by atoms with Crippen molar-refractivity contribution in [2.24, 2.45) is 0 Å². The summed E-state index contributed by atoms with van der Waals surface area (Å²) in [4.78, 5) is 21.8. The Morgan fingerprint density at radius 1 is 0.484 bits per heavy atom. The molecule has 0 aliphatic heterocycles. The Labute approximate surface area is 194 Å². The predicted molar refractivity (Wildman–Crippen MR) is 132 cm³/mol. The van der Waals surface area contributed by atoms with E-state index in [9.17, 15) is 9.59 Å². The van der Waals surface area contributed by atoms with E-state index in [2.05, 4.69) is 18.6 Å². The van der Waals surface area contributed by atoms with E-state index in [4.69, 9.17) is 4.74 Å². The van der Waals surface area contributed by atoms with Crippen LogP contribution in [-0.2, 0) is 19.1 Å². The Balaban J connectivity index is 0. The molecular weight excluding hydrogens is 388 g/mol. The van der Waals surface area contributed by atoms with Crippen molar-refractivity contribution in [3.05, 3.63) is 0 Å². The molecule has 0 N–H and O–H groups in total. The minimum atomic E-state index is -0.0713. The maximum absolute atomic E-state index is 11.0. The van der Waals surface area contributed by atoms with Crippen molar-refractivity contribution in [2.45, 2.75) is 149 Å². The molecule has 0 aliphatic carbocycles. The van der Waals surface area contributed by atoms with Crippen molar-refractivity contribution >= 4 is 11.9 Å². The molecule has 0 aromatic rings. The highest BCUT2D eigenvalue weighted by atomic mass is 16.5. The molecule has 0 rings (SSSR count). The molecule has 0 radical (unpaired) electrons. The van der Waals surface area contributed by atoms with Gasteiger partial charge in [0.05, 0.1) is 13.7 Å². The van der Waals surface area contributed by atoms with Gasteiger partial charge in [-0.25, -0.2) is 0 Å². The molecule has 0 fully saturated rings. The van der Waals surface area contributed by atoms with Crippen LogP contribution in [-0.4, -0.2) is 25.7 Å². The van der Waals surface area contributed by atoms with Gasteiger partial charge in [-0.3, -0.25) is 9.59 Å². The van der Waals surface area contributed by atoms with Crippen LogP contribution in [0.3, 0.4) is 0 Å². The summed E-state index contributed by atoms with van der Waals surface area (Å²) in [6, 6.07) is 0. The molecule has 0 saturated carbocycles. The van der Waals surface area contributed by atoms with Gasteiger partial charge < -0.3 is 9.47 Å². The van der Waals surface area contributed by atoms with Gasteiger partial charge in [0.2, 0.25) is 0 Å². The first kappa shape index (κ1) is 32.1. The van der Waals surface area contributed by atoms with E-state index in [-0.39, 0.29) is 11.9 Å². The molecule has 4 nitrogen and oxygen atoms in total. The third-order valence-electron chi connectivity index (χ3n) is 5.50. The second kappa shape index (κ2) is 28.9. The van der Waals surface area contributed by atoms with Crippen LogP contribution in [0.15, 0.2) is 0 Å². The van der Waals surface area contributed by atoms with Crippen LogP contribution in [0.25, 0.3) is 0 Å². The number of hydrogen-bond donors (Lipinski definition) is 0. The van der Waals surface area contributed by atoms with Crippen LogP contribution in [0.1, 0.15) is 149 Å². The highest BCUT2D eigenvalue weighted by Crippen LogP contribution is 2.11. The molecule has 0 atom stereocenters. The zero-order chi connectivity index (χ0) is 23.4. The van der Waals surface area contributed by atoms with E-state index in [0.717, 1.165) is 12.8 Å². The van der Waals surface area contributed by atoms with Gasteiger partial charge in [0.25, 0.3) is 0 Å². The monoisotopic (exact) mass is 442 g/mol. The average molecular weight is 443 g/mol. The molecule has 4 heteroatoms. The van der Waals surface area contributed by atoms with Gasteiger partial charge in [-0.1, -0.05) is 117 Å². The summed E-state index contributed by atoms with van der Waals surface area (Å²) >= 11 is 0. The fourth-order valence-electron chi connectivity index (χ4n) is 3.50. The minimum absolute atomic E-state index is 0.0366. The van der Waals surface area contributed by atoms with Crippen LogP contribution in [0.5, 0.6) is 0 Å². The van der Waals surface area contributed by atoms with Crippen molar-refractivity contribution in [3.8, 4) is 0 Å². The molecule has 0 saturated heterocycles. The van der Waals surface area contributed by atoms with E-state index in [1.807, 2.05) is 6.92 Å². The molecule has 0 heterocycles. The van der Waals surface area contributed by atoms with Crippen LogP contribution < -0.4 is 0 Å². The zero-order valence-electron chi connectivity index (χ0n) is 21.5. The summed E-state index contributed by atoms with van der Waals surface area (Å²) in [5.41, 5.74) is 0. The lowest BCUT2D eigenvalue weighted by Crippen LogP contribution is -2.03. The first-order chi connectivity index (χ1) is 15.1. The summed E-state index contributed by atoms with van der Waals surface area (Å²) in [6.07, 6.45) is 24.4. The second-order valence-electron chi connectivity index (χ2n) is 8.54. The van der Waals surface area contributed by atoms with Gasteiger partial charge in [0.15, 0.2) is 0 Å². The number of carbonyl (C=O) groups is 2.